The van der Waals surface area contributed by atoms with E-state index in [9.17, 15) is 0 Å². The SMILES string of the molecule is CCCCCCCCCCC1CC(C)(C)C(C)(C)C1. The summed E-state index contributed by atoms with van der Waals surface area (Å²) in [5, 5.41) is 0. The molecule has 1 aliphatic rings. The molecule has 0 radical (unpaired) electrons. The summed E-state index contributed by atoms with van der Waals surface area (Å²) < 4.78 is 0. The van der Waals surface area contributed by atoms with Crippen LogP contribution in [0.3, 0.4) is 0 Å². The predicted octanol–water partition coefficient (Wildman–Crippen LogP) is 6.98. The first-order valence-electron chi connectivity index (χ1n) is 8.89. The first-order valence-corrected chi connectivity index (χ1v) is 8.89. The average molecular weight is 267 g/mol. The van der Waals surface area contributed by atoms with Crippen LogP contribution in [0.1, 0.15) is 105 Å². The van der Waals surface area contributed by atoms with E-state index < -0.39 is 0 Å². The van der Waals surface area contributed by atoms with Gasteiger partial charge in [-0.3, -0.25) is 0 Å². The van der Waals surface area contributed by atoms with Gasteiger partial charge < -0.3 is 0 Å². The minimum Gasteiger partial charge on any atom is -0.0654 e. The van der Waals surface area contributed by atoms with Gasteiger partial charge in [0.1, 0.15) is 0 Å². The van der Waals surface area contributed by atoms with Crippen molar-refractivity contribution in [2.75, 3.05) is 0 Å². The number of hydrogen-bond acceptors (Lipinski definition) is 0. The van der Waals surface area contributed by atoms with Crippen molar-refractivity contribution < 1.29 is 0 Å². The quantitative estimate of drug-likeness (QED) is 0.395. The number of hydrogen-bond donors (Lipinski definition) is 0. The lowest BCUT2D eigenvalue weighted by Gasteiger charge is -2.34. The summed E-state index contributed by atoms with van der Waals surface area (Å²) in [4.78, 5) is 0. The molecule has 0 spiro atoms. The van der Waals surface area contributed by atoms with E-state index in [0.29, 0.717) is 10.8 Å². The lowest BCUT2D eigenvalue weighted by molar-refractivity contribution is 0.157. The fourth-order valence-corrected chi connectivity index (χ4v) is 3.84. The van der Waals surface area contributed by atoms with E-state index in [1.807, 2.05) is 0 Å². The minimum absolute atomic E-state index is 0.553. The van der Waals surface area contributed by atoms with E-state index in [-0.39, 0.29) is 0 Å². The second-order valence-corrected chi connectivity index (χ2v) is 8.31. The summed E-state index contributed by atoms with van der Waals surface area (Å²) in [5.41, 5.74) is 1.11. The van der Waals surface area contributed by atoms with Crippen LogP contribution in [0.5, 0.6) is 0 Å². The Bertz CT molecular complexity index is 220. The van der Waals surface area contributed by atoms with Crippen LogP contribution in [0, 0.1) is 16.7 Å². The van der Waals surface area contributed by atoms with E-state index in [1.54, 1.807) is 0 Å². The largest absolute Gasteiger partial charge is 0.0654 e. The molecule has 1 fully saturated rings. The van der Waals surface area contributed by atoms with E-state index in [0.717, 1.165) is 5.92 Å². The minimum atomic E-state index is 0.553. The third kappa shape index (κ3) is 5.48. The van der Waals surface area contributed by atoms with Crippen LogP contribution in [-0.2, 0) is 0 Å². The van der Waals surface area contributed by atoms with Crippen LogP contribution < -0.4 is 0 Å². The Morgan fingerprint density at radius 2 is 1.11 bits per heavy atom. The zero-order valence-electron chi connectivity index (χ0n) is 14.4. The molecule has 0 aromatic rings. The van der Waals surface area contributed by atoms with Crippen LogP contribution in [0.2, 0.25) is 0 Å². The monoisotopic (exact) mass is 266 g/mol. The Labute approximate surface area is 122 Å². The molecular formula is C19H38. The molecule has 0 heterocycles. The second-order valence-electron chi connectivity index (χ2n) is 8.31. The number of unbranched alkanes of at least 4 members (excludes halogenated alkanes) is 7. The molecule has 0 unspecified atom stereocenters. The molecule has 0 aromatic heterocycles. The van der Waals surface area contributed by atoms with Crippen molar-refractivity contribution in [3.63, 3.8) is 0 Å². The van der Waals surface area contributed by atoms with Gasteiger partial charge in [0, 0.05) is 0 Å². The van der Waals surface area contributed by atoms with Crippen molar-refractivity contribution in [1.82, 2.24) is 0 Å². The lowest BCUT2D eigenvalue weighted by atomic mass is 9.71. The topological polar surface area (TPSA) is 0 Å². The van der Waals surface area contributed by atoms with E-state index in [2.05, 4.69) is 34.6 Å². The Hall–Kier alpha value is 0. The maximum absolute atomic E-state index is 2.47. The molecule has 0 bridgehead atoms. The molecule has 0 atom stereocenters. The van der Waals surface area contributed by atoms with Gasteiger partial charge in [-0.25, -0.2) is 0 Å². The van der Waals surface area contributed by atoms with Crippen LogP contribution in [-0.4, -0.2) is 0 Å². The molecule has 1 rings (SSSR count). The zero-order valence-corrected chi connectivity index (χ0v) is 14.4. The van der Waals surface area contributed by atoms with E-state index in [4.69, 9.17) is 0 Å². The Balaban J connectivity index is 2.02. The lowest BCUT2D eigenvalue weighted by Crippen LogP contribution is -2.25. The summed E-state index contributed by atoms with van der Waals surface area (Å²) in [7, 11) is 0. The maximum Gasteiger partial charge on any atom is -0.0300 e. The summed E-state index contributed by atoms with van der Waals surface area (Å²) in [6.07, 6.45) is 16.0. The van der Waals surface area contributed by atoms with Gasteiger partial charge in [0.2, 0.25) is 0 Å². The fourth-order valence-electron chi connectivity index (χ4n) is 3.84. The first-order chi connectivity index (χ1) is 8.89. The summed E-state index contributed by atoms with van der Waals surface area (Å²) in [6.45, 7) is 12.2. The highest BCUT2D eigenvalue weighted by Crippen LogP contribution is 2.55. The van der Waals surface area contributed by atoms with Crippen LogP contribution in [0.25, 0.3) is 0 Å². The molecule has 19 heavy (non-hydrogen) atoms. The highest BCUT2D eigenvalue weighted by Gasteiger charge is 2.45. The van der Waals surface area contributed by atoms with Gasteiger partial charge >= 0.3 is 0 Å². The standard InChI is InChI=1S/C19H38/c1-6-7-8-9-10-11-12-13-14-17-15-18(2,3)19(4,5)16-17/h17H,6-16H2,1-5H3. The highest BCUT2D eigenvalue weighted by molar-refractivity contribution is 4.95. The molecule has 114 valence electrons. The van der Waals surface area contributed by atoms with E-state index >= 15 is 0 Å². The van der Waals surface area contributed by atoms with Crippen molar-refractivity contribution in [2.45, 2.75) is 105 Å². The van der Waals surface area contributed by atoms with Gasteiger partial charge in [-0.2, -0.15) is 0 Å². The molecule has 0 N–H and O–H groups in total. The molecule has 1 saturated carbocycles. The maximum atomic E-state index is 2.47. The summed E-state index contributed by atoms with van der Waals surface area (Å²) in [6, 6.07) is 0. The van der Waals surface area contributed by atoms with Crippen molar-refractivity contribution in [3.8, 4) is 0 Å². The first kappa shape index (κ1) is 17.1. The third-order valence-corrected chi connectivity index (χ3v) is 5.90. The Morgan fingerprint density at radius 1 is 0.684 bits per heavy atom. The van der Waals surface area contributed by atoms with Crippen LogP contribution in [0.4, 0.5) is 0 Å². The van der Waals surface area contributed by atoms with Gasteiger partial charge in [-0.05, 0) is 29.6 Å². The molecule has 0 heteroatoms. The van der Waals surface area contributed by atoms with Crippen molar-refractivity contribution in [3.05, 3.63) is 0 Å². The van der Waals surface area contributed by atoms with E-state index in [1.165, 1.54) is 70.6 Å². The predicted molar refractivity (Wildman–Crippen MR) is 87.5 cm³/mol. The van der Waals surface area contributed by atoms with Gasteiger partial charge in [0.05, 0.1) is 0 Å². The Kier molecular flexibility index (Phi) is 6.91. The molecular weight excluding hydrogens is 228 g/mol. The van der Waals surface area contributed by atoms with Crippen molar-refractivity contribution in [1.29, 1.82) is 0 Å². The second kappa shape index (κ2) is 7.70. The highest BCUT2D eigenvalue weighted by atomic mass is 14.5. The average Bonchev–Trinajstić information content (AvgIpc) is 2.51. The fraction of sp³-hybridized carbons (Fsp3) is 1.00. The van der Waals surface area contributed by atoms with Crippen LogP contribution in [0.15, 0.2) is 0 Å². The Morgan fingerprint density at radius 3 is 1.58 bits per heavy atom. The molecule has 0 aliphatic heterocycles. The summed E-state index contributed by atoms with van der Waals surface area (Å²) >= 11 is 0. The number of rotatable bonds is 9. The molecule has 0 aromatic carbocycles. The van der Waals surface area contributed by atoms with Gasteiger partial charge in [0.25, 0.3) is 0 Å². The molecule has 0 amide bonds. The molecule has 0 nitrogen and oxygen atoms in total. The van der Waals surface area contributed by atoms with Crippen molar-refractivity contribution >= 4 is 0 Å². The normalized spacial score (nSPS) is 21.9. The van der Waals surface area contributed by atoms with Gasteiger partial charge in [-0.1, -0.05) is 92.4 Å². The zero-order chi connectivity index (χ0) is 14.4. The smallest absolute Gasteiger partial charge is 0.0300 e. The third-order valence-electron chi connectivity index (χ3n) is 5.90. The van der Waals surface area contributed by atoms with Crippen molar-refractivity contribution in [2.24, 2.45) is 16.7 Å². The molecule has 0 saturated heterocycles. The van der Waals surface area contributed by atoms with Gasteiger partial charge in [0.15, 0.2) is 0 Å². The molecule has 1 aliphatic carbocycles. The van der Waals surface area contributed by atoms with Gasteiger partial charge in [-0.15, -0.1) is 0 Å². The summed E-state index contributed by atoms with van der Waals surface area (Å²) in [5.74, 6) is 1.00. The van der Waals surface area contributed by atoms with Crippen LogP contribution >= 0.6 is 0 Å².